The molecule has 15 heavy (non-hydrogen) atoms. The number of nitrogens with zero attached hydrogens (tertiary/aromatic N) is 1. The zero-order chi connectivity index (χ0) is 11.3. The molecular formula is C11H22N2O2. The van der Waals surface area contributed by atoms with Crippen molar-refractivity contribution in [2.75, 3.05) is 19.8 Å². The summed E-state index contributed by atoms with van der Waals surface area (Å²) < 4.78 is 5.29. The van der Waals surface area contributed by atoms with E-state index in [0.29, 0.717) is 26.2 Å². The Bertz CT molecular complexity index is 209. The highest BCUT2D eigenvalue weighted by Crippen LogP contribution is 2.10. The van der Waals surface area contributed by atoms with Gasteiger partial charge in [-0.2, -0.15) is 0 Å². The number of amides is 1. The number of nitrogens with two attached hydrogens (primary N) is 1. The lowest BCUT2D eigenvalue weighted by Gasteiger charge is -2.34. The smallest absolute Gasteiger partial charge is 0.224 e. The third-order valence-electron chi connectivity index (χ3n) is 2.78. The van der Waals surface area contributed by atoms with Crippen LogP contribution in [0, 0.1) is 0 Å². The van der Waals surface area contributed by atoms with Crippen LogP contribution in [0.5, 0.6) is 0 Å². The summed E-state index contributed by atoms with van der Waals surface area (Å²) in [7, 11) is 0. The van der Waals surface area contributed by atoms with Gasteiger partial charge in [-0.3, -0.25) is 4.79 Å². The molecule has 0 bridgehead atoms. The number of hydrogen-bond acceptors (Lipinski definition) is 3. The van der Waals surface area contributed by atoms with Gasteiger partial charge in [0.25, 0.3) is 0 Å². The van der Waals surface area contributed by atoms with E-state index < -0.39 is 0 Å². The van der Waals surface area contributed by atoms with E-state index in [1.807, 2.05) is 11.8 Å². The van der Waals surface area contributed by atoms with Gasteiger partial charge in [0.1, 0.15) is 0 Å². The summed E-state index contributed by atoms with van der Waals surface area (Å²) in [6, 6.07) is 0.206. The van der Waals surface area contributed by atoms with Gasteiger partial charge in [-0.25, -0.2) is 0 Å². The Balaban J connectivity index is 2.37. The van der Waals surface area contributed by atoms with Gasteiger partial charge in [0.15, 0.2) is 0 Å². The zero-order valence-electron chi connectivity index (χ0n) is 9.74. The van der Waals surface area contributed by atoms with Crippen LogP contribution < -0.4 is 5.73 Å². The Labute approximate surface area is 91.8 Å². The summed E-state index contributed by atoms with van der Waals surface area (Å²) in [5.41, 5.74) is 5.86. The first-order valence-corrected chi connectivity index (χ1v) is 5.78. The summed E-state index contributed by atoms with van der Waals surface area (Å²) in [6.07, 6.45) is 2.43. The molecule has 2 atom stereocenters. The second-order valence-electron chi connectivity index (χ2n) is 4.26. The summed E-state index contributed by atoms with van der Waals surface area (Å²) in [5.74, 6) is 0.173. The quantitative estimate of drug-likeness (QED) is 0.751. The summed E-state index contributed by atoms with van der Waals surface area (Å²) >= 11 is 0. The first-order chi connectivity index (χ1) is 7.15. The molecule has 0 saturated carbocycles. The monoisotopic (exact) mass is 214 g/mol. The highest BCUT2D eigenvalue weighted by atomic mass is 16.5. The van der Waals surface area contributed by atoms with Crippen molar-refractivity contribution in [2.24, 2.45) is 5.73 Å². The molecule has 1 aliphatic heterocycles. The lowest BCUT2D eigenvalue weighted by Crippen LogP contribution is -2.48. The average molecular weight is 214 g/mol. The maximum absolute atomic E-state index is 11.9. The third kappa shape index (κ3) is 3.80. The fourth-order valence-corrected chi connectivity index (χ4v) is 1.91. The van der Waals surface area contributed by atoms with E-state index in [2.05, 4.69) is 6.92 Å². The molecule has 1 fully saturated rings. The molecule has 0 spiro atoms. The van der Waals surface area contributed by atoms with Crippen LogP contribution in [-0.4, -0.2) is 42.6 Å². The van der Waals surface area contributed by atoms with Crippen molar-refractivity contribution in [1.29, 1.82) is 0 Å². The number of hydrogen-bond donors (Lipinski definition) is 1. The summed E-state index contributed by atoms with van der Waals surface area (Å²) in [5, 5.41) is 0. The van der Waals surface area contributed by atoms with Crippen molar-refractivity contribution >= 4 is 5.91 Å². The molecule has 1 aliphatic rings. The lowest BCUT2D eigenvalue weighted by molar-refractivity contribution is -0.139. The van der Waals surface area contributed by atoms with Gasteiger partial charge in [0.2, 0.25) is 5.91 Å². The van der Waals surface area contributed by atoms with Crippen LogP contribution in [0.4, 0.5) is 0 Å². The van der Waals surface area contributed by atoms with Gasteiger partial charge in [-0.05, 0) is 13.3 Å². The number of carbonyl (C=O) groups is 1. The maximum Gasteiger partial charge on any atom is 0.224 e. The highest BCUT2D eigenvalue weighted by molar-refractivity contribution is 5.77. The topological polar surface area (TPSA) is 55.6 Å². The van der Waals surface area contributed by atoms with Crippen LogP contribution >= 0.6 is 0 Å². The van der Waals surface area contributed by atoms with Gasteiger partial charge in [-0.1, -0.05) is 13.3 Å². The average Bonchev–Trinajstić information content (AvgIpc) is 2.18. The van der Waals surface area contributed by atoms with Crippen LogP contribution in [0.25, 0.3) is 0 Å². The largest absolute Gasteiger partial charge is 0.377 e. The van der Waals surface area contributed by atoms with E-state index in [1.54, 1.807) is 0 Å². The zero-order valence-corrected chi connectivity index (χ0v) is 9.74. The third-order valence-corrected chi connectivity index (χ3v) is 2.78. The van der Waals surface area contributed by atoms with Crippen LogP contribution in [0.2, 0.25) is 0 Å². The second kappa shape index (κ2) is 6.08. The molecule has 0 aromatic carbocycles. The Hall–Kier alpha value is -0.610. The van der Waals surface area contributed by atoms with Crippen LogP contribution in [0.1, 0.15) is 33.1 Å². The van der Waals surface area contributed by atoms with Crippen molar-refractivity contribution in [3.05, 3.63) is 0 Å². The normalized spacial score (nSPS) is 23.9. The van der Waals surface area contributed by atoms with Crippen molar-refractivity contribution in [1.82, 2.24) is 4.90 Å². The standard InChI is InChI=1S/C11H22N2O2/c1-3-4-10(12)7-11(14)13-5-6-15-8-9(13)2/h9-10H,3-8,12H2,1-2H3/t9-,10?/m1/s1. The van der Waals surface area contributed by atoms with Crippen LogP contribution in [0.15, 0.2) is 0 Å². The summed E-state index contributed by atoms with van der Waals surface area (Å²) in [4.78, 5) is 13.8. The minimum atomic E-state index is 0.0116. The predicted octanol–water partition coefficient (Wildman–Crippen LogP) is 0.751. The van der Waals surface area contributed by atoms with Gasteiger partial charge in [0.05, 0.1) is 19.3 Å². The Kier molecular flexibility index (Phi) is 5.05. The lowest BCUT2D eigenvalue weighted by atomic mass is 10.1. The number of carbonyl (C=O) groups excluding carboxylic acids is 1. The molecule has 4 nitrogen and oxygen atoms in total. The van der Waals surface area contributed by atoms with E-state index in [1.165, 1.54) is 0 Å². The molecule has 1 rings (SSSR count). The molecule has 1 heterocycles. The minimum absolute atomic E-state index is 0.0116. The van der Waals surface area contributed by atoms with Crippen molar-refractivity contribution in [3.63, 3.8) is 0 Å². The first kappa shape index (κ1) is 12.5. The van der Waals surface area contributed by atoms with Gasteiger partial charge in [-0.15, -0.1) is 0 Å². The Morgan fingerprint density at radius 1 is 1.67 bits per heavy atom. The number of morpholine rings is 1. The first-order valence-electron chi connectivity index (χ1n) is 5.78. The summed E-state index contributed by atoms with van der Waals surface area (Å²) in [6.45, 7) is 6.11. The van der Waals surface area contributed by atoms with Crippen LogP contribution in [-0.2, 0) is 9.53 Å². The minimum Gasteiger partial charge on any atom is -0.377 e. The molecule has 88 valence electrons. The van der Waals surface area contributed by atoms with E-state index in [9.17, 15) is 4.79 Å². The van der Waals surface area contributed by atoms with E-state index in [-0.39, 0.29) is 18.0 Å². The molecule has 0 aliphatic carbocycles. The fraction of sp³-hybridized carbons (Fsp3) is 0.909. The molecule has 1 unspecified atom stereocenters. The number of rotatable bonds is 4. The van der Waals surface area contributed by atoms with E-state index in [0.717, 1.165) is 12.8 Å². The molecule has 1 saturated heterocycles. The predicted molar refractivity (Wildman–Crippen MR) is 59.5 cm³/mol. The molecule has 4 heteroatoms. The van der Waals surface area contributed by atoms with E-state index in [4.69, 9.17) is 10.5 Å². The maximum atomic E-state index is 11.9. The number of ether oxygens (including phenoxy) is 1. The van der Waals surface area contributed by atoms with Crippen molar-refractivity contribution in [3.8, 4) is 0 Å². The van der Waals surface area contributed by atoms with Gasteiger partial charge >= 0.3 is 0 Å². The molecular weight excluding hydrogens is 192 g/mol. The van der Waals surface area contributed by atoms with Crippen LogP contribution in [0.3, 0.4) is 0 Å². The van der Waals surface area contributed by atoms with Gasteiger partial charge < -0.3 is 15.4 Å². The fourth-order valence-electron chi connectivity index (χ4n) is 1.91. The highest BCUT2D eigenvalue weighted by Gasteiger charge is 2.24. The van der Waals surface area contributed by atoms with E-state index >= 15 is 0 Å². The molecule has 0 radical (unpaired) electrons. The second-order valence-corrected chi connectivity index (χ2v) is 4.26. The van der Waals surface area contributed by atoms with Gasteiger partial charge in [0, 0.05) is 19.0 Å². The molecule has 0 aromatic heterocycles. The molecule has 1 amide bonds. The van der Waals surface area contributed by atoms with Crippen molar-refractivity contribution in [2.45, 2.75) is 45.2 Å². The SMILES string of the molecule is CCCC(N)CC(=O)N1CCOC[C@H]1C. The van der Waals surface area contributed by atoms with Crippen molar-refractivity contribution < 1.29 is 9.53 Å². The Morgan fingerprint density at radius 3 is 3.00 bits per heavy atom. The molecule has 2 N–H and O–H groups in total. The Morgan fingerprint density at radius 2 is 2.40 bits per heavy atom. The molecule has 0 aromatic rings.